The zero-order chi connectivity index (χ0) is 20.4. The Kier molecular flexibility index (Phi) is 9.34. The third-order valence-corrected chi connectivity index (χ3v) is 5.01. The van der Waals surface area contributed by atoms with E-state index in [9.17, 15) is 18.4 Å². The highest BCUT2D eigenvalue weighted by molar-refractivity contribution is 5.94. The molecule has 1 atom stereocenters. The number of carbonyl (C=O) groups excluding carboxylic acids is 2. The van der Waals surface area contributed by atoms with E-state index in [4.69, 9.17) is 0 Å². The van der Waals surface area contributed by atoms with Gasteiger partial charge in [0.25, 0.3) is 5.91 Å². The summed E-state index contributed by atoms with van der Waals surface area (Å²) in [6.45, 7) is 6.67. The molecule has 2 rings (SSSR count). The molecule has 1 aliphatic heterocycles. The normalized spacial score (nSPS) is 17.3. The van der Waals surface area contributed by atoms with E-state index in [1.807, 2.05) is 0 Å². The predicted octanol–water partition coefficient (Wildman–Crippen LogP) is 3.10. The Morgan fingerprint density at radius 1 is 1.14 bits per heavy atom. The molecule has 5 nitrogen and oxygen atoms in total. The maximum absolute atomic E-state index is 13.5. The topological polar surface area (TPSA) is 61.4 Å². The van der Waals surface area contributed by atoms with E-state index in [1.54, 1.807) is 0 Å². The highest BCUT2D eigenvalue weighted by atomic mass is 19.1. The number of nitrogens with one attached hydrogen (secondary N) is 2. The van der Waals surface area contributed by atoms with Gasteiger partial charge in [0.15, 0.2) is 0 Å². The molecule has 1 saturated heterocycles. The van der Waals surface area contributed by atoms with E-state index in [2.05, 4.69) is 22.5 Å². The molecule has 1 fully saturated rings. The maximum atomic E-state index is 13.5. The second kappa shape index (κ2) is 11.7. The Hall–Kier alpha value is -2.02. The van der Waals surface area contributed by atoms with Crippen molar-refractivity contribution >= 4 is 11.8 Å². The predicted molar refractivity (Wildman–Crippen MR) is 105 cm³/mol. The van der Waals surface area contributed by atoms with E-state index in [0.29, 0.717) is 25.5 Å². The first-order valence-electron chi connectivity index (χ1n) is 10.2. The largest absolute Gasteiger partial charge is 0.356 e. The molecule has 0 aliphatic carbocycles. The summed E-state index contributed by atoms with van der Waals surface area (Å²) < 4.78 is 26.4. The van der Waals surface area contributed by atoms with Gasteiger partial charge in [-0.05, 0) is 63.2 Å². The molecule has 28 heavy (non-hydrogen) atoms. The fourth-order valence-corrected chi connectivity index (χ4v) is 3.49. The van der Waals surface area contributed by atoms with E-state index in [0.717, 1.165) is 37.4 Å². The zero-order valence-electron chi connectivity index (χ0n) is 16.6. The van der Waals surface area contributed by atoms with Gasteiger partial charge in [-0.15, -0.1) is 0 Å². The third kappa shape index (κ3) is 7.92. The molecule has 1 unspecified atom stereocenters. The highest BCUT2D eigenvalue weighted by Crippen LogP contribution is 2.15. The molecule has 1 aliphatic rings. The van der Waals surface area contributed by atoms with Gasteiger partial charge >= 0.3 is 0 Å². The van der Waals surface area contributed by atoms with Crippen molar-refractivity contribution in [1.82, 2.24) is 15.5 Å². The van der Waals surface area contributed by atoms with Crippen LogP contribution >= 0.6 is 0 Å². The molecule has 156 valence electrons. The van der Waals surface area contributed by atoms with Crippen LogP contribution in [-0.2, 0) is 4.79 Å². The summed E-state index contributed by atoms with van der Waals surface area (Å²) in [5.74, 6) is -1.49. The molecule has 0 radical (unpaired) electrons. The molecule has 1 heterocycles. The molecular weight excluding hydrogens is 364 g/mol. The van der Waals surface area contributed by atoms with Crippen LogP contribution in [0.4, 0.5) is 8.78 Å². The van der Waals surface area contributed by atoms with Crippen LogP contribution in [0, 0.1) is 17.6 Å². The lowest BCUT2D eigenvalue weighted by atomic mass is 10.0. The number of nitrogens with zero attached hydrogens (tertiary/aromatic N) is 1. The smallest absolute Gasteiger partial charge is 0.254 e. The van der Waals surface area contributed by atoms with Crippen molar-refractivity contribution in [3.05, 3.63) is 35.4 Å². The number of piperidine rings is 1. The van der Waals surface area contributed by atoms with Crippen molar-refractivity contribution in [2.24, 2.45) is 5.92 Å². The van der Waals surface area contributed by atoms with E-state index in [-0.39, 0.29) is 18.0 Å². The third-order valence-electron chi connectivity index (χ3n) is 5.01. The quantitative estimate of drug-likeness (QED) is 0.599. The number of amides is 2. The van der Waals surface area contributed by atoms with Crippen LogP contribution in [0.15, 0.2) is 18.2 Å². The lowest BCUT2D eigenvalue weighted by molar-refractivity contribution is -0.121. The molecule has 0 bridgehead atoms. The molecule has 0 saturated carbocycles. The fourth-order valence-electron chi connectivity index (χ4n) is 3.49. The summed E-state index contributed by atoms with van der Waals surface area (Å²) in [7, 11) is 0. The van der Waals surface area contributed by atoms with Crippen LogP contribution in [0.3, 0.4) is 0 Å². The Balaban J connectivity index is 1.50. The number of hydrogen-bond donors (Lipinski definition) is 2. The van der Waals surface area contributed by atoms with Crippen LogP contribution in [0.5, 0.6) is 0 Å². The standard InChI is InChI=1S/C21H31F2N3O2/c1-16-6-5-13-26(15-16)12-3-2-10-24-20(27)7-4-11-25-21(28)18-9-8-17(22)14-19(18)23/h8-9,14,16H,2-7,10-13,15H2,1H3,(H,24,27)(H,25,28). The monoisotopic (exact) mass is 395 g/mol. The molecule has 0 spiro atoms. The summed E-state index contributed by atoms with van der Waals surface area (Å²) in [5, 5.41) is 5.44. The van der Waals surface area contributed by atoms with Crippen LogP contribution in [0.1, 0.15) is 55.8 Å². The minimum Gasteiger partial charge on any atom is -0.356 e. The van der Waals surface area contributed by atoms with E-state index < -0.39 is 17.5 Å². The van der Waals surface area contributed by atoms with Crippen molar-refractivity contribution in [1.29, 1.82) is 0 Å². The number of halogens is 2. The first kappa shape index (κ1) is 22.3. The molecule has 2 N–H and O–H groups in total. The van der Waals surface area contributed by atoms with Gasteiger partial charge in [0.05, 0.1) is 5.56 Å². The summed E-state index contributed by atoms with van der Waals surface area (Å²) in [6.07, 6.45) is 5.40. The van der Waals surface area contributed by atoms with E-state index in [1.165, 1.54) is 25.9 Å². The second-order valence-electron chi connectivity index (χ2n) is 7.59. The average Bonchev–Trinajstić information content (AvgIpc) is 2.65. The minimum atomic E-state index is -0.894. The average molecular weight is 395 g/mol. The highest BCUT2D eigenvalue weighted by Gasteiger charge is 2.15. The maximum Gasteiger partial charge on any atom is 0.254 e. The molecule has 1 aromatic carbocycles. The number of unbranched alkanes of at least 4 members (excludes halogenated alkanes) is 1. The minimum absolute atomic E-state index is 0.0474. The molecule has 2 amide bonds. The Labute approximate surface area is 165 Å². The second-order valence-corrected chi connectivity index (χ2v) is 7.59. The van der Waals surface area contributed by atoms with Gasteiger partial charge in [-0.1, -0.05) is 6.92 Å². The fraction of sp³-hybridized carbons (Fsp3) is 0.619. The molecule has 1 aromatic rings. The number of benzene rings is 1. The van der Waals surface area contributed by atoms with Gasteiger partial charge in [0.1, 0.15) is 11.6 Å². The first-order valence-corrected chi connectivity index (χ1v) is 10.2. The summed E-state index contributed by atoms with van der Waals surface area (Å²) in [6, 6.07) is 2.82. The number of hydrogen-bond acceptors (Lipinski definition) is 3. The molecule has 0 aromatic heterocycles. The van der Waals surface area contributed by atoms with Gasteiger partial charge in [0.2, 0.25) is 5.91 Å². The Morgan fingerprint density at radius 2 is 1.93 bits per heavy atom. The van der Waals surface area contributed by atoms with Crippen molar-refractivity contribution < 1.29 is 18.4 Å². The number of likely N-dealkylation sites (tertiary alicyclic amines) is 1. The first-order chi connectivity index (χ1) is 13.5. The van der Waals surface area contributed by atoms with Crippen LogP contribution in [-0.4, -0.2) is 49.4 Å². The lowest BCUT2D eigenvalue weighted by Crippen LogP contribution is -2.35. The molecule has 7 heteroatoms. The SMILES string of the molecule is CC1CCCN(CCCCNC(=O)CCCNC(=O)c2ccc(F)cc2F)C1. The van der Waals surface area contributed by atoms with Gasteiger partial charge in [-0.2, -0.15) is 0 Å². The van der Waals surface area contributed by atoms with Gasteiger partial charge in [0, 0.05) is 32.1 Å². The van der Waals surface area contributed by atoms with Crippen molar-refractivity contribution in [3.63, 3.8) is 0 Å². The van der Waals surface area contributed by atoms with Gasteiger partial charge in [-0.3, -0.25) is 9.59 Å². The number of rotatable bonds is 10. The van der Waals surface area contributed by atoms with E-state index >= 15 is 0 Å². The Morgan fingerprint density at radius 3 is 2.68 bits per heavy atom. The molecular formula is C21H31F2N3O2. The van der Waals surface area contributed by atoms with Crippen molar-refractivity contribution in [2.75, 3.05) is 32.7 Å². The zero-order valence-corrected chi connectivity index (χ0v) is 16.6. The summed E-state index contributed by atoms with van der Waals surface area (Å²) in [4.78, 5) is 26.2. The van der Waals surface area contributed by atoms with Gasteiger partial charge < -0.3 is 15.5 Å². The summed E-state index contributed by atoms with van der Waals surface area (Å²) >= 11 is 0. The van der Waals surface area contributed by atoms with Crippen LogP contribution in [0.2, 0.25) is 0 Å². The van der Waals surface area contributed by atoms with Crippen LogP contribution < -0.4 is 10.6 Å². The van der Waals surface area contributed by atoms with Crippen molar-refractivity contribution in [3.8, 4) is 0 Å². The van der Waals surface area contributed by atoms with Crippen LogP contribution in [0.25, 0.3) is 0 Å². The summed E-state index contributed by atoms with van der Waals surface area (Å²) in [5.41, 5.74) is -0.200. The van der Waals surface area contributed by atoms with Crippen molar-refractivity contribution in [2.45, 2.75) is 45.4 Å². The number of carbonyl (C=O) groups is 2. The lowest BCUT2D eigenvalue weighted by Gasteiger charge is -2.30. The van der Waals surface area contributed by atoms with Gasteiger partial charge in [-0.25, -0.2) is 8.78 Å². The Bertz CT molecular complexity index is 655.